The van der Waals surface area contributed by atoms with Crippen molar-refractivity contribution in [1.29, 1.82) is 0 Å². The summed E-state index contributed by atoms with van der Waals surface area (Å²) in [6.45, 7) is 16.7. The van der Waals surface area contributed by atoms with Crippen molar-refractivity contribution < 1.29 is 19.4 Å². The maximum Gasteiger partial charge on any atom is 0.338 e. The van der Waals surface area contributed by atoms with E-state index in [4.69, 9.17) is 4.74 Å². The summed E-state index contributed by atoms with van der Waals surface area (Å²) in [5.41, 5.74) is 1.81. The minimum absolute atomic E-state index is 0.0338. The zero-order chi connectivity index (χ0) is 30.5. The number of ether oxygens (including phenoxy) is 1. The average Bonchev–Trinajstić information content (AvgIpc) is 3.22. The van der Waals surface area contributed by atoms with Crippen LogP contribution in [0.25, 0.3) is 0 Å². The molecule has 4 aliphatic rings. The number of fused-ring (bicyclic) bond motifs is 5. The second-order valence-electron chi connectivity index (χ2n) is 16.2. The highest BCUT2D eigenvalue weighted by molar-refractivity contribution is 5.89. The monoisotopic (exact) mass is 576 g/mol. The van der Waals surface area contributed by atoms with Crippen molar-refractivity contribution in [1.82, 2.24) is 0 Å². The largest absolute Gasteiger partial charge is 0.481 e. The van der Waals surface area contributed by atoms with Crippen LogP contribution in [-0.2, 0) is 9.53 Å². The summed E-state index contributed by atoms with van der Waals surface area (Å²) in [5, 5.41) is 10.4. The Morgan fingerprint density at radius 3 is 2.33 bits per heavy atom. The van der Waals surface area contributed by atoms with Gasteiger partial charge in [-0.1, -0.05) is 97.6 Å². The van der Waals surface area contributed by atoms with Gasteiger partial charge in [-0.2, -0.15) is 0 Å². The van der Waals surface area contributed by atoms with Crippen LogP contribution in [-0.4, -0.2) is 23.1 Å². The second-order valence-corrected chi connectivity index (χ2v) is 16.2. The smallest absolute Gasteiger partial charge is 0.338 e. The number of carboxylic acids is 1. The molecular weight excluding hydrogens is 520 g/mol. The molecule has 1 N–H and O–H groups in total. The molecule has 0 bridgehead atoms. The summed E-state index contributed by atoms with van der Waals surface area (Å²) < 4.78 is 6.23. The van der Waals surface area contributed by atoms with Crippen molar-refractivity contribution in [2.45, 2.75) is 125 Å². The van der Waals surface area contributed by atoms with Crippen LogP contribution in [0.1, 0.15) is 129 Å². The van der Waals surface area contributed by atoms with Gasteiger partial charge in [-0.3, -0.25) is 4.79 Å². The van der Waals surface area contributed by atoms with Crippen molar-refractivity contribution in [3.8, 4) is 0 Å². The maximum absolute atomic E-state index is 13.1. The molecule has 0 radical (unpaired) electrons. The molecule has 1 aromatic carbocycles. The van der Waals surface area contributed by atoms with E-state index in [0.29, 0.717) is 29.2 Å². The van der Waals surface area contributed by atoms with Gasteiger partial charge in [-0.25, -0.2) is 4.79 Å². The predicted octanol–water partition coefficient (Wildman–Crippen LogP) is 9.73. The van der Waals surface area contributed by atoms with Gasteiger partial charge >= 0.3 is 11.9 Å². The zero-order valence-corrected chi connectivity index (χ0v) is 27.4. The molecule has 5 rings (SSSR count). The van der Waals surface area contributed by atoms with Gasteiger partial charge in [-0.05, 0) is 97.5 Å². The molecule has 0 aromatic heterocycles. The van der Waals surface area contributed by atoms with Gasteiger partial charge in [0.05, 0.1) is 12.0 Å². The Morgan fingerprint density at radius 2 is 1.67 bits per heavy atom. The average molecular weight is 577 g/mol. The van der Waals surface area contributed by atoms with Crippen molar-refractivity contribution in [2.24, 2.45) is 51.2 Å². The second kappa shape index (κ2) is 11.4. The Balaban J connectivity index is 1.43. The van der Waals surface area contributed by atoms with E-state index in [9.17, 15) is 14.7 Å². The molecule has 3 saturated carbocycles. The lowest BCUT2D eigenvalue weighted by Crippen LogP contribution is -2.59. The number of hydrogen-bond donors (Lipinski definition) is 1. The van der Waals surface area contributed by atoms with Gasteiger partial charge in [0.2, 0.25) is 0 Å². The summed E-state index contributed by atoms with van der Waals surface area (Å²) in [6.07, 6.45) is 13.7. The fourth-order valence-electron chi connectivity index (χ4n) is 11.1. The lowest BCUT2D eigenvalue weighted by molar-refractivity contribution is -0.149. The molecule has 4 aliphatic carbocycles. The molecule has 4 nitrogen and oxygen atoms in total. The third-order valence-electron chi connectivity index (χ3n) is 13.4. The van der Waals surface area contributed by atoms with Crippen molar-refractivity contribution in [3.05, 3.63) is 47.5 Å². The van der Waals surface area contributed by atoms with Crippen molar-refractivity contribution >= 4 is 11.9 Å². The van der Waals surface area contributed by atoms with E-state index in [1.165, 1.54) is 24.8 Å². The van der Waals surface area contributed by atoms with Crippen LogP contribution in [0.4, 0.5) is 0 Å². The highest BCUT2D eigenvalue weighted by Gasteiger charge is 2.67. The number of allylic oxidation sites excluding steroid dienone is 2. The van der Waals surface area contributed by atoms with Crippen molar-refractivity contribution in [2.75, 3.05) is 0 Å². The predicted molar refractivity (Wildman–Crippen MR) is 169 cm³/mol. The Labute approximate surface area is 255 Å². The van der Waals surface area contributed by atoms with Crippen LogP contribution in [0, 0.1) is 51.2 Å². The molecule has 4 heteroatoms. The molecule has 232 valence electrons. The fourth-order valence-corrected chi connectivity index (χ4v) is 11.1. The molecule has 0 heterocycles. The zero-order valence-electron chi connectivity index (χ0n) is 27.4. The summed E-state index contributed by atoms with van der Waals surface area (Å²) in [7, 11) is 0. The normalized spacial score (nSPS) is 37.7. The van der Waals surface area contributed by atoms with E-state index in [1.54, 1.807) is 0 Å². The van der Waals surface area contributed by atoms with E-state index in [1.807, 2.05) is 30.3 Å². The number of hydrogen-bond acceptors (Lipinski definition) is 3. The van der Waals surface area contributed by atoms with Gasteiger partial charge in [0, 0.05) is 10.8 Å². The molecular formula is C38H56O4. The summed E-state index contributed by atoms with van der Waals surface area (Å²) in [4.78, 5) is 25.7. The first-order valence-corrected chi connectivity index (χ1v) is 16.9. The minimum Gasteiger partial charge on any atom is -0.481 e. The van der Waals surface area contributed by atoms with Crippen LogP contribution < -0.4 is 0 Å². The fraction of sp³-hybridized carbons (Fsp3) is 0.737. The van der Waals surface area contributed by atoms with Crippen LogP contribution >= 0.6 is 0 Å². The highest BCUT2D eigenvalue weighted by atomic mass is 16.5. The van der Waals surface area contributed by atoms with E-state index in [-0.39, 0.29) is 40.2 Å². The quantitative estimate of drug-likeness (QED) is 0.235. The number of benzene rings is 1. The Morgan fingerprint density at radius 1 is 0.952 bits per heavy atom. The molecule has 0 aliphatic heterocycles. The van der Waals surface area contributed by atoms with Gasteiger partial charge in [-0.15, -0.1) is 0 Å². The van der Waals surface area contributed by atoms with E-state index in [2.05, 4.69) is 54.5 Å². The molecule has 0 unspecified atom stereocenters. The number of carbonyl (C=O) groups is 2. The minimum atomic E-state index is -0.639. The van der Waals surface area contributed by atoms with Crippen molar-refractivity contribution in [3.63, 3.8) is 0 Å². The Bertz CT molecular complexity index is 1180. The number of esters is 1. The van der Waals surface area contributed by atoms with Crippen LogP contribution in [0.15, 0.2) is 42.0 Å². The van der Waals surface area contributed by atoms with E-state index >= 15 is 0 Å². The van der Waals surface area contributed by atoms with Crippen LogP contribution in [0.2, 0.25) is 0 Å². The first-order chi connectivity index (χ1) is 19.8. The molecule has 0 saturated heterocycles. The lowest BCUT2D eigenvalue weighted by atomic mass is 9.40. The van der Waals surface area contributed by atoms with Crippen LogP contribution in [0.5, 0.6) is 0 Å². The number of carboxylic acid groups (broad SMARTS) is 1. The molecule has 8 atom stereocenters. The molecule has 0 spiro atoms. The highest BCUT2D eigenvalue weighted by Crippen LogP contribution is 2.74. The van der Waals surface area contributed by atoms with E-state index in [0.717, 1.165) is 50.9 Å². The summed E-state index contributed by atoms with van der Waals surface area (Å²) in [6, 6.07) is 9.36. The third-order valence-corrected chi connectivity index (χ3v) is 13.4. The molecule has 1 aromatic rings. The molecule has 42 heavy (non-hydrogen) atoms. The first kappa shape index (κ1) is 31.3. The van der Waals surface area contributed by atoms with E-state index < -0.39 is 5.97 Å². The summed E-state index contributed by atoms with van der Waals surface area (Å²) >= 11 is 0. The number of carbonyl (C=O) groups excluding carboxylic acids is 1. The number of aliphatic carboxylic acids is 1. The lowest BCUT2D eigenvalue weighted by Gasteiger charge is -2.65. The summed E-state index contributed by atoms with van der Waals surface area (Å²) in [5.74, 6) is 1.88. The van der Waals surface area contributed by atoms with Gasteiger partial charge in [0.25, 0.3) is 0 Å². The third kappa shape index (κ3) is 5.07. The SMILES string of the molecule is CC(C)CCC[C@@H](C)[C@H]1CC[C@@]2(CC(=O)O)C3=CC[C@H]4C(C)(C)[C@@H](OC(=O)c5ccccc5)CC[C@]4(C)[C@H]3CC[C@]12C. The standard InChI is InChI=1S/C38H56O4/c1-25(2)12-11-13-26(3)28-19-23-38(24-33(39)40)30-16-17-31-35(4,5)32(42-34(41)27-14-9-8-10-15-27)20-21-36(31,6)29(30)18-22-37(28,38)7/h8-10,14-16,25-26,28-29,31-32H,11-13,17-24H2,1-7H3,(H,39,40)/t26-,28-,29+,31+,32+,36-,37-,38-/m1/s1. The van der Waals surface area contributed by atoms with Gasteiger partial charge < -0.3 is 9.84 Å². The maximum atomic E-state index is 13.1. The Hall–Kier alpha value is -2.10. The number of rotatable bonds is 9. The first-order valence-electron chi connectivity index (χ1n) is 16.9. The van der Waals surface area contributed by atoms with Gasteiger partial charge in [0.15, 0.2) is 0 Å². The molecule has 3 fully saturated rings. The topological polar surface area (TPSA) is 63.6 Å². The Kier molecular flexibility index (Phi) is 8.53. The van der Waals surface area contributed by atoms with Gasteiger partial charge in [0.1, 0.15) is 6.10 Å². The van der Waals surface area contributed by atoms with Crippen LogP contribution in [0.3, 0.4) is 0 Å². The molecule has 0 amide bonds.